The van der Waals surface area contributed by atoms with E-state index in [4.69, 9.17) is 9.47 Å². The first-order chi connectivity index (χ1) is 9.63. The third-order valence-corrected chi connectivity index (χ3v) is 4.47. The van der Waals surface area contributed by atoms with Gasteiger partial charge in [0.25, 0.3) is 0 Å². The third kappa shape index (κ3) is 2.32. The fraction of sp³-hybridized carbons (Fsp3) is 0.625. The van der Waals surface area contributed by atoms with Crippen molar-refractivity contribution < 1.29 is 9.47 Å². The van der Waals surface area contributed by atoms with Crippen molar-refractivity contribution >= 4 is 0 Å². The minimum atomic E-state index is 0.0493. The van der Waals surface area contributed by atoms with Crippen LogP contribution in [0, 0.1) is 0 Å². The summed E-state index contributed by atoms with van der Waals surface area (Å²) >= 11 is 0. The first-order valence-electron chi connectivity index (χ1n) is 7.37. The van der Waals surface area contributed by atoms with Crippen LogP contribution in [-0.4, -0.2) is 49.9 Å². The molecule has 1 aromatic rings. The van der Waals surface area contributed by atoms with Crippen LogP contribution < -0.4 is 10.1 Å². The normalized spacial score (nSPS) is 29.6. The van der Waals surface area contributed by atoms with Gasteiger partial charge in [0, 0.05) is 17.6 Å². The van der Waals surface area contributed by atoms with Gasteiger partial charge in [0.15, 0.2) is 0 Å². The van der Waals surface area contributed by atoms with Crippen molar-refractivity contribution in [2.24, 2.45) is 0 Å². The maximum atomic E-state index is 5.99. The number of benzene rings is 1. The number of hydrogen-bond donors (Lipinski definition) is 1. The van der Waals surface area contributed by atoms with Crippen LogP contribution in [0.25, 0.3) is 0 Å². The lowest BCUT2D eigenvalue weighted by Crippen LogP contribution is -2.62. The highest BCUT2D eigenvalue weighted by Crippen LogP contribution is 2.36. The van der Waals surface area contributed by atoms with Gasteiger partial charge in [-0.15, -0.1) is 0 Å². The Labute approximate surface area is 121 Å². The zero-order chi connectivity index (χ0) is 14.2. The molecule has 2 atom stereocenters. The zero-order valence-corrected chi connectivity index (χ0v) is 12.6. The molecule has 2 unspecified atom stereocenters. The maximum absolute atomic E-state index is 5.99. The van der Waals surface area contributed by atoms with Gasteiger partial charge in [-0.3, -0.25) is 4.90 Å². The van der Waals surface area contributed by atoms with Crippen LogP contribution in [0.4, 0.5) is 0 Å². The number of ether oxygens (including phenoxy) is 2. The molecule has 110 valence electrons. The van der Waals surface area contributed by atoms with Crippen LogP contribution in [0.5, 0.6) is 5.75 Å². The number of para-hydroxylation sites is 1. The van der Waals surface area contributed by atoms with Gasteiger partial charge in [-0.1, -0.05) is 18.2 Å². The molecule has 1 N–H and O–H groups in total. The summed E-state index contributed by atoms with van der Waals surface area (Å²) < 4.78 is 11.6. The first-order valence-corrected chi connectivity index (χ1v) is 7.37. The molecule has 0 aliphatic carbocycles. The van der Waals surface area contributed by atoms with Gasteiger partial charge in [-0.05, 0) is 27.0 Å². The molecule has 1 aromatic carbocycles. The Morgan fingerprint density at radius 1 is 1.30 bits per heavy atom. The molecule has 2 heterocycles. The molecule has 1 fully saturated rings. The molecule has 2 aliphatic heterocycles. The molecule has 2 aliphatic rings. The molecule has 20 heavy (non-hydrogen) atoms. The summed E-state index contributed by atoms with van der Waals surface area (Å²) in [5.41, 5.74) is 1.31. The number of fused-ring (bicyclic) bond motifs is 1. The van der Waals surface area contributed by atoms with E-state index in [1.165, 1.54) is 5.56 Å². The summed E-state index contributed by atoms with van der Waals surface area (Å²) in [5, 5.41) is 3.48. The summed E-state index contributed by atoms with van der Waals surface area (Å²) in [6, 6.07) is 8.98. The van der Waals surface area contributed by atoms with Crippen LogP contribution in [0.3, 0.4) is 0 Å². The monoisotopic (exact) mass is 276 g/mol. The lowest BCUT2D eigenvalue weighted by atomic mass is 9.90. The summed E-state index contributed by atoms with van der Waals surface area (Å²) in [6.45, 7) is 7.77. The molecule has 4 nitrogen and oxygen atoms in total. The Morgan fingerprint density at radius 3 is 2.85 bits per heavy atom. The van der Waals surface area contributed by atoms with Crippen LogP contribution in [0.2, 0.25) is 0 Å². The average Bonchev–Trinajstić information content (AvgIpc) is 2.46. The number of hydrogen-bond acceptors (Lipinski definition) is 4. The molecule has 0 radical (unpaired) electrons. The van der Waals surface area contributed by atoms with Gasteiger partial charge in [-0.25, -0.2) is 0 Å². The van der Waals surface area contributed by atoms with Gasteiger partial charge in [0.2, 0.25) is 0 Å². The second kappa shape index (κ2) is 5.35. The van der Waals surface area contributed by atoms with Crippen molar-refractivity contribution in [1.82, 2.24) is 10.2 Å². The van der Waals surface area contributed by atoms with Gasteiger partial charge in [0.1, 0.15) is 12.4 Å². The standard InChI is InChI=1S/C16H24N2O2/c1-16(2)11-19-9-8-18(16)13-10-20-14-7-5-4-6-12(14)15(13)17-3/h4-7,13,15,17H,8-11H2,1-3H3. The van der Waals surface area contributed by atoms with E-state index in [0.717, 1.165) is 32.1 Å². The van der Waals surface area contributed by atoms with E-state index < -0.39 is 0 Å². The maximum Gasteiger partial charge on any atom is 0.124 e. The van der Waals surface area contributed by atoms with E-state index in [0.29, 0.717) is 12.1 Å². The fourth-order valence-electron chi connectivity index (χ4n) is 3.45. The van der Waals surface area contributed by atoms with Gasteiger partial charge < -0.3 is 14.8 Å². The van der Waals surface area contributed by atoms with Crippen molar-refractivity contribution in [2.45, 2.75) is 31.5 Å². The largest absolute Gasteiger partial charge is 0.492 e. The predicted octanol–water partition coefficient (Wildman–Crippen LogP) is 1.82. The van der Waals surface area contributed by atoms with E-state index >= 15 is 0 Å². The zero-order valence-electron chi connectivity index (χ0n) is 12.6. The summed E-state index contributed by atoms with van der Waals surface area (Å²) in [7, 11) is 2.03. The minimum Gasteiger partial charge on any atom is -0.492 e. The topological polar surface area (TPSA) is 33.7 Å². The summed E-state index contributed by atoms with van der Waals surface area (Å²) in [5.74, 6) is 1.01. The van der Waals surface area contributed by atoms with E-state index in [2.05, 4.69) is 42.3 Å². The van der Waals surface area contributed by atoms with E-state index in [-0.39, 0.29) is 5.54 Å². The van der Waals surface area contributed by atoms with Crippen LogP contribution in [0.15, 0.2) is 24.3 Å². The smallest absolute Gasteiger partial charge is 0.124 e. The molecular weight excluding hydrogens is 252 g/mol. The highest BCUT2D eigenvalue weighted by Gasteiger charge is 2.41. The molecule has 0 amide bonds. The molecule has 3 rings (SSSR count). The molecule has 0 saturated carbocycles. The molecule has 0 spiro atoms. The van der Waals surface area contributed by atoms with Gasteiger partial charge in [0.05, 0.1) is 25.3 Å². The SMILES string of the molecule is CNC1c2ccccc2OCC1N1CCOCC1(C)C. The van der Waals surface area contributed by atoms with Crippen molar-refractivity contribution in [1.29, 1.82) is 0 Å². The average molecular weight is 276 g/mol. The second-order valence-corrected chi connectivity index (χ2v) is 6.24. The second-order valence-electron chi connectivity index (χ2n) is 6.24. The van der Waals surface area contributed by atoms with Crippen LogP contribution in [0.1, 0.15) is 25.5 Å². The van der Waals surface area contributed by atoms with Crippen molar-refractivity contribution in [3.63, 3.8) is 0 Å². The van der Waals surface area contributed by atoms with E-state index in [1.54, 1.807) is 0 Å². The van der Waals surface area contributed by atoms with Crippen molar-refractivity contribution in [3.05, 3.63) is 29.8 Å². The Morgan fingerprint density at radius 2 is 2.10 bits per heavy atom. The predicted molar refractivity (Wildman–Crippen MR) is 79.1 cm³/mol. The number of nitrogens with one attached hydrogen (secondary N) is 1. The first kappa shape index (κ1) is 13.9. The Hall–Kier alpha value is -1.10. The molecule has 0 bridgehead atoms. The minimum absolute atomic E-state index is 0.0493. The third-order valence-electron chi connectivity index (χ3n) is 4.47. The van der Waals surface area contributed by atoms with Crippen molar-refractivity contribution in [3.8, 4) is 5.75 Å². The highest BCUT2D eigenvalue weighted by atomic mass is 16.5. The van der Waals surface area contributed by atoms with Crippen LogP contribution >= 0.6 is 0 Å². The van der Waals surface area contributed by atoms with E-state index in [1.807, 2.05) is 13.1 Å². The molecular formula is C16H24N2O2. The fourth-order valence-corrected chi connectivity index (χ4v) is 3.45. The van der Waals surface area contributed by atoms with Gasteiger partial charge in [-0.2, -0.15) is 0 Å². The van der Waals surface area contributed by atoms with Crippen LogP contribution in [-0.2, 0) is 4.74 Å². The number of rotatable bonds is 2. The highest BCUT2D eigenvalue weighted by molar-refractivity contribution is 5.39. The molecule has 0 aromatic heterocycles. The van der Waals surface area contributed by atoms with Gasteiger partial charge >= 0.3 is 0 Å². The van der Waals surface area contributed by atoms with Crippen molar-refractivity contribution in [2.75, 3.05) is 33.4 Å². The molecule has 4 heteroatoms. The van der Waals surface area contributed by atoms with E-state index in [9.17, 15) is 0 Å². The lowest BCUT2D eigenvalue weighted by molar-refractivity contribution is -0.0892. The lowest BCUT2D eigenvalue weighted by Gasteiger charge is -2.50. The quantitative estimate of drug-likeness (QED) is 0.893. The summed E-state index contributed by atoms with van der Waals surface area (Å²) in [6.07, 6.45) is 0. The number of nitrogens with zero attached hydrogens (tertiary/aromatic N) is 1. The Bertz CT molecular complexity index is 475. The number of morpholine rings is 1. The number of likely N-dealkylation sites (N-methyl/N-ethyl adjacent to an activating group) is 1. The Balaban J connectivity index is 1.91. The molecule has 1 saturated heterocycles. The summed E-state index contributed by atoms with van der Waals surface area (Å²) in [4.78, 5) is 2.54. The Kier molecular flexibility index (Phi) is 3.71.